The zero-order chi connectivity index (χ0) is 14.5. The van der Waals surface area contributed by atoms with Crippen molar-refractivity contribution in [1.29, 1.82) is 0 Å². The highest BCUT2D eigenvalue weighted by Gasteiger charge is 2.37. The number of hydrogen-bond donors (Lipinski definition) is 0. The molecule has 0 unspecified atom stereocenters. The van der Waals surface area contributed by atoms with E-state index in [2.05, 4.69) is 43.9 Å². The first-order chi connectivity index (χ1) is 8.88. The first-order valence-electron chi connectivity index (χ1n) is 6.62. The van der Waals surface area contributed by atoms with Crippen LogP contribution in [0.15, 0.2) is 24.3 Å². The smallest absolute Gasteiger partial charge is 0.377 e. The summed E-state index contributed by atoms with van der Waals surface area (Å²) in [6, 6.07) is 9.53. The van der Waals surface area contributed by atoms with E-state index in [0.29, 0.717) is 0 Å². The molecule has 19 heavy (non-hydrogen) atoms. The molecule has 0 atom stereocenters. The maximum Gasteiger partial charge on any atom is 0.500 e. The van der Waals surface area contributed by atoms with Gasteiger partial charge in [-0.1, -0.05) is 49.1 Å². The van der Waals surface area contributed by atoms with Gasteiger partial charge in [0.2, 0.25) is 0 Å². The third kappa shape index (κ3) is 4.25. The molecular formula is C14H26O3Si2. The minimum atomic E-state index is -2.47. The Hall–Kier alpha value is -0.466. The number of hydrogen-bond acceptors (Lipinski definition) is 3. The van der Waals surface area contributed by atoms with Gasteiger partial charge in [-0.3, -0.25) is 0 Å². The molecule has 0 aliphatic rings. The fourth-order valence-corrected chi connectivity index (χ4v) is 5.77. The van der Waals surface area contributed by atoms with Crippen LogP contribution < -0.4 is 5.19 Å². The van der Waals surface area contributed by atoms with Crippen molar-refractivity contribution in [2.45, 2.75) is 32.1 Å². The fourth-order valence-electron chi connectivity index (χ4n) is 2.31. The van der Waals surface area contributed by atoms with E-state index in [1.54, 1.807) is 21.3 Å². The van der Waals surface area contributed by atoms with Crippen molar-refractivity contribution in [3.8, 4) is 0 Å². The van der Waals surface area contributed by atoms with Gasteiger partial charge in [0, 0.05) is 27.4 Å². The molecule has 0 saturated heterocycles. The minimum absolute atomic E-state index is 0.817. The summed E-state index contributed by atoms with van der Waals surface area (Å²) in [6.45, 7) is 7.12. The Morgan fingerprint density at radius 3 is 1.89 bits per heavy atom. The molecule has 108 valence electrons. The molecule has 5 heteroatoms. The zero-order valence-electron chi connectivity index (χ0n) is 12.9. The Kier molecular flexibility index (Phi) is 5.94. The molecule has 0 N–H and O–H groups in total. The topological polar surface area (TPSA) is 27.7 Å². The molecule has 0 aromatic heterocycles. The van der Waals surface area contributed by atoms with Crippen molar-refractivity contribution in [3.63, 3.8) is 0 Å². The summed E-state index contributed by atoms with van der Waals surface area (Å²) >= 11 is 0. The van der Waals surface area contributed by atoms with Crippen molar-refractivity contribution in [2.75, 3.05) is 21.3 Å². The second kappa shape index (κ2) is 6.81. The quantitative estimate of drug-likeness (QED) is 0.724. The molecule has 1 aromatic carbocycles. The Morgan fingerprint density at radius 1 is 0.895 bits per heavy atom. The first-order valence-corrected chi connectivity index (χ1v) is 12.1. The van der Waals surface area contributed by atoms with Crippen LogP contribution in [0.2, 0.25) is 25.7 Å². The highest BCUT2D eigenvalue weighted by Crippen LogP contribution is 2.17. The zero-order valence-corrected chi connectivity index (χ0v) is 14.9. The van der Waals surface area contributed by atoms with Crippen LogP contribution in [0.3, 0.4) is 0 Å². The first kappa shape index (κ1) is 16.6. The van der Waals surface area contributed by atoms with Crippen LogP contribution in [0.4, 0.5) is 0 Å². The average molecular weight is 299 g/mol. The second-order valence-electron chi connectivity index (χ2n) is 5.70. The Balaban J connectivity index is 2.89. The summed E-state index contributed by atoms with van der Waals surface area (Å²) in [5.41, 5.74) is 1.41. The van der Waals surface area contributed by atoms with E-state index in [-0.39, 0.29) is 0 Å². The molecule has 0 amide bonds. The Morgan fingerprint density at radius 2 is 1.42 bits per heavy atom. The molecule has 0 radical (unpaired) electrons. The van der Waals surface area contributed by atoms with Gasteiger partial charge in [-0.2, -0.15) is 0 Å². The van der Waals surface area contributed by atoms with Crippen molar-refractivity contribution in [1.82, 2.24) is 0 Å². The van der Waals surface area contributed by atoms with Crippen LogP contribution in [0, 0.1) is 0 Å². The summed E-state index contributed by atoms with van der Waals surface area (Å²) in [6.07, 6.45) is 0.947. The van der Waals surface area contributed by atoms with Crippen LogP contribution in [-0.2, 0) is 19.7 Å². The lowest BCUT2D eigenvalue weighted by Crippen LogP contribution is -2.44. The summed E-state index contributed by atoms with van der Waals surface area (Å²) in [5.74, 6) is 0. The lowest BCUT2D eigenvalue weighted by Gasteiger charge is -2.26. The van der Waals surface area contributed by atoms with E-state index in [9.17, 15) is 0 Å². The molecular weight excluding hydrogens is 272 g/mol. The third-order valence-corrected chi connectivity index (χ3v) is 8.29. The third-order valence-electron chi connectivity index (χ3n) is 3.46. The molecule has 0 saturated carbocycles. The predicted molar refractivity (Wildman–Crippen MR) is 84.7 cm³/mol. The highest BCUT2D eigenvalue weighted by molar-refractivity contribution is 6.89. The minimum Gasteiger partial charge on any atom is -0.377 e. The van der Waals surface area contributed by atoms with E-state index in [0.717, 1.165) is 12.5 Å². The normalized spacial score (nSPS) is 12.7. The SMILES string of the molecule is CO[Si](CCc1ccccc1[Si](C)(C)C)(OC)OC. The number of aryl methyl sites for hydroxylation is 1. The van der Waals surface area contributed by atoms with Gasteiger partial charge in [0.25, 0.3) is 0 Å². The predicted octanol–water partition coefficient (Wildman–Crippen LogP) is 2.65. The van der Waals surface area contributed by atoms with Gasteiger partial charge in [0.1, 0.15) is 0 Å². The molecule has 1 rings (SSSR count). The van der Waals surface area contributed by atoms with Gasteiger partial charge in [0.05, 0.1) is 8.07 Å². The molecule has 0 aliphatic heterocycles. The van der Waals surface area contributed by atoms with E-state index >= 15 is 0 Å². The van der Waals surface area contributed by atoms with Crippen molar-refractivity contribution < 1.29 is 13.3 Å². The van der Waals surface area contributed by atoms with Crippen molar-refractivity contribution in [3.05, 3.63) is 29.8 Å². The molecule has 0 heterocycles. The average Bonchev–Trinajstić information content (AvgIpc) is 2.40. The van der Waals surface area contributed by atoms with Crippen LogP contribution in [0.1, 0.15) is 5.56 Å². The van der Waals surface area contributed by atoms with Crippen LogP contribution in [-0.4, -0.2) is 38.2 Å². The van der Waals surface area contributed by atoms with Gasteiger partial charge in [-0.25, -0.2) is 0 Å². The lowest BCUT2D eigenvalue weighted by atomic mass is 10.2. The van der Waals surface area contributed by atoms with Gasteiger partial charge >= 0.3 is 8.80 Å². The molecule has 0 aliphatic carbocycles. The molecule has 1 aromatic rings. The molecule has 3 nitrogen and oxygen atoms in total. The van der Waals surface area contributed by atoms with Crippen molar-refractivity contribution >= 4 is 22.1 Å². The summed E-state index contributed by atoms with van der Waals surface area (Å²) in [5, 5.41) is 1.52. The van der Waals surface area contributed by atoms with Gasteiger partial charge in [0.15, 0.2) is 0 Å². The number of benzene rings is 1. The van der Waals surface area contributed by atoms with Gasteiger partial charge in [-0.05, 0) is 12.0 Å². The maximum atomic E-state index is 5.49. The van der Waals surface area contributed by atoms with E-state index in [4.69, 9.17) is 13.3 Å². The summed E-state index contributed by atoms with van der Waals surface area (Å²) < 4.78 is 16.5. The highest BCUT2D eigenvalue weighted by atomic mass is 28.4. The fraction of sp³-hybridized carbons (Fsp3) is 0.571. The molecule has 0 bridgehead atoms. The Labute approximate surface area is 119 Å². The second-order valence-corrected chi connectivity index (χ2v) is 13.8. The van der Waals surface area contributed by atoms with Crippen LogP contribution in [0.5, 0.6) is 0 Å². The number of rotatable bonds is 7. The van der Waals surface area contributed by atoms with Crippen molar-refractivity contribution in [2.24, 2.45) is 0 Å². The van der Waals surface area contributed by atoms with Gasteiger partial charge < -0.3 is 13.3 Å². The lowest BCUT2D eigenvalue weighted by molar-refractivity contribution is 0.124. The maximum absolute atomic E-state index is 5.49. The van der Waals surface area contributed by atoms with Gasteiger partial charge in [-0.15, -0.1) is 0 Å². The largest absolute Gasteiger partial charge is 0.500 e. The molecule has 0 fully saturated rings. The molecule has 0 spiro atoms. The summed E-state index contributed by atoms with van der Waals surface area (Å²) in [7, 11) is 1.23. The standard InChI is InChI=1S/C14H26O3Si2/c1-15-19(16-2,17-3)12-11-13-9-7-8-10-14(13)18(4,5)6/h7-10H,11-12H2,1-6H3. The van der Waals surface area contributed by atoms with E-state index < -0.39 is 16.9 Å². The monoisotopic (exact) mass is 298 g/mol. The van der Waals surface area contributed by atoms with Crippen LogP contribution in [0.25, 0.3) is 0 Å². The van der Waals surface area contributed by atoms with E-state index in [1.165, 1.54) is 10.8 Å². The van der Waals surface area contributed by atoms with Crippen LogP contribution >= 0.6 is 0 Å². The summed E-state index contributed by atoms with van der Waals surface area (Å²) in [4.78, 5) is 0. The Bertz CT molecular complexity index is 390. The van der Waals surface area contributed by atoms with E-state index in [1.807, 2.05) is 0 Å².